The summed E-state index contributed by atoms with van der Waals surface area (Å²) in [6, 6.07) is 14.7. The fraction of sp³-hybridized carbons (Fsp3) is 0.158. The Bertz CT molecular complexity index is 828. The third kappa shape index (κ3) is 4.07. The zero-order valence-electron chi connectivity index (χ0n) is 13.7. The van der Waals surface area contributed by atoms with Gasteiger partial charge in [0.05, 0.1) is 0 Å². The van der Waals surface area contributed by atoms with Crippen molar-refractivity contribution in [1.29, 1.82) is 0 Å². The number of halogens is 1. The minimum atomic E-state index is -0.229. The van der Waals surface area contributed by atoms with E-state index in [4.69, 9.17) is 0 Å². The van der Waals surface area contributed by atoms with Gasteiger partial charge in [-0.15, -0.1) is 0 Å². The Morgan fingerprint density at radius 2 is 1.62 bits per heavy atom. The molecule has 24 heavy (non-hydrogen) atoms. The molecule has 0 aliphatic rings. The number of aromatic nitrogens is 2. The Labute approximate surface area is 140 Å². The molecule has 3 aromatic rings. The summed E-state index contributed by atoms with van der Waals surface area (Å²) in [5, 5.41) is 6.39. The largest absolute Gasteiger partial charge is 0.366 e. The number of nitrogens with one attached hydrogen (secondary N) is 2. The summed E-state index contributed by atoms with van der Waals surface area (Å²) in [6.07, 6.45) is 1.48. The van der Waals surface area contributed by atoms with Gasteiger partial charge in [0, 0.05) is 23.9 Å². The van der Waals surface area contributed by atoms with Crippen molar-refractivity contribution in [3.05, 3.63) is 77.4 Å². The predicted octanol–water partition coefficient (Wildman–Crippen LogP) is 4.59. The van der Waals surface area contributed by atoms with Crippen LogP contribution in [0.5, 0.6) is 0 Å². The van der Waals surface area contributed by atoms with Crippen LogP contribution >= 0.6 is 0 Å². The minimum Gasteiger partial charge on any atom is -0.366 e. The van der Waals surface area contributed by atoms with Gasteiger partial charge in [0.2, 0.25) is 0 Å². The summed E-state index contributed by atoms with van der Waals surface area (Å²) < 4.78 is 13.6. The molecule has 0 saturated carbocycles. The number of hydrogen-bond donors (Lipinski definition) is 2. The van der Waals surface area contributed by atoms with Gasteiger partial charge in [-0.1, -0.05) is 24.3 Å². The first-order chi connectivity index (χ1) is 11.6. The normalized spacial score (nSPS) is 10.5. The lowest BCUT2D eigenvalue weighted by atomic mass is 10.1. The van der Waals surface area contributed by atoms with E-state index in [9.17, 15) is 4.39 Å². The number of nitrogens with zero attached hydrogens (tertiary/aromatic N) is 2. The van der Waals surface area contributed by atoms with Crippen LogP contribution in [0.3, 0.4) is 0 Å². The molecule has 0 saturated heterocycles. The van der Waals surface area contributed by atoms with Crippen LogP contribution in [0.2, 0.25) is 0 Å². The quantitative estimate of drug-likeness (QED) is 0.721. The lowest BCUT2D eigenvalue weighted by Crippen LogP contribution is -2.04. The van der Waals surface area contributed by atoms with Gasteiger partial charge in [-0.05, 0) is 43.2 Å². The van der Waals surface area contributed by atoms with Crippen LogP contribution in [0.15, 0.2) is 54.9 Å². The van der Waals surface area contributed by atoms with Crippen molar-refractivity contribution in [2.24, 2.45) is 0 Å². The van der Waals surface area contributed by atoms with Crippen LogP contribution in [0.25, 0.3) is 0 Å². The smallest absolute Gasteiger partial charge is 0.135 e. The molecule has 1 heterocycles. The zero-order valence-corrected chi connectivity index (χ0v) is 13.7. The Balaban J connectivity index is 1.71. The summed E-state index contributed by atoms with van der Waals surface area (Å²) in [4.78, 5) is 8.41. The predicted molar refractivity (Wildman–Crippen MR) is 95.0 cm³/mol. The third-order valence-electron chi connectivity index (χ3n) is 3.58. The highest BCUT2D eigenvalue weighted by atomic mass is 19.1. The Hall–Kier alpha value is -2.95. The van der Waals surface area contributed by atoms with Crippen molar-refractivity contribution in [2.45, 2.75) is 20.4 Å². The van der Waals surface area contributed by atoms with Crippen molar-refractivity contribution in [3.8, 4) is 0 Å². The first kappa shape index (κ1) is 15.9. The van der Waals surface area contributed by atoms with Gasteiger partial charge in [-0.25, -0.2) is 14.4 Å². The second kappa shape index (κ2) is 7.08. The standard InChI is InChI=1S/C19H19FN4/c1-13-7-14(2)9-16(8-13)24-19-10-18(22-12-23-19)21-11-15-5-3-4-6-17(15)20/h3-10,12H,11H2,1-2H3,(H2,21,22,23,24). The van der Waals surface area contributed by atoms with E-state index in [-0.39, 0.29) is 5.82 Å². The van der Waals surface area contributed by atoms with Gasteiger partial charge in [0.25, 0.3) is 0 Å². The van der Waals surface area contributed by atoms with Crippen LogP contribution in [0.1, 0.15) is 16.7 Å². The maximum Gasteiger partial charge on any atom is 0.135 e. The molecule has 0 unspecified atom stereocenters. The SMILES string of the molecule is Cc1cc(C)cc(Nc2cc(NCc3ccccc3F)ncn2)c1. The fourth-order valence-electron chi connectivity index (χ4n) is 2.54. The first-order valence-corrected chi connectivity index (χ1v) is 7.75. The average molecular weight is 322 g/mol. The molecule has 0 fully saturated rings. The molecule has 0 spiro atoms. The summed E-state index contributed by atoms with van der Waals surface area (Å²) in [7, 11) is 0. The van der Waals surface area contributed by atoms with Crippen molar-refractivity contribution in [1.82, 2.24) is 9.97 Å². The maximum absolute atomic E-state index is 13.6. The lowest BCUT2D eigenvalue weighted by Gasteiger charge is -2.10. The molecule has 122 valence electrons. The number of rotatable bonds is 5. The minimum absolute atomic E-state index is 0.229. The topological polar surface area (TPSA) is 49.8 Å². The summed E-state index contributed by atoms with van der Waals surface area (Å²) in [5.74, 6) is 1.10. The lowest BCUT2D eigenvalue weighted by molar-refractivity contribution is 0.613. The number of benzene rings is 2. The third-order valence-corrected chi connectivity index (χ3v) is 3.58. The fourth-order valence-corrected chi connectivity index (χ4v) is 2.54. The van der Waals surface area contributed by atoms with Crippen LogP contribution in [-0.2, 0) is 6.54 Å². The van der Waals surface area contributed by atoms with E-state index in [0.717, 1.165) is 5.69 Å². The van der Waals surface area contributed by atoms with Crippen molar-refractivity contribution in [3.63, 3.8) is 0 Å². The molecule has 4 nitrogen and oxygen atoms in total. The molecule has 0 atom stereocenters. The van der Waals surface area contributed by atoms with Gasteiger partial charge in [-0.2, -0.15) is 0 Å². The molecular weight excluding hydrogens is 303 g/mol. The van der Waals surface area contributed by atoms with E-state index in [0.29, 0.717) is 23.7 Å². The Morgan fingerprint density at radius 3 is 2.38 bits per heavy atom. The number of anilines is 3. The van der Waals surface area contributed by atoms with Crippen LogP contribution in [0, 0.1) is 19.7 Å². The molecule has 0 radical (unpaired) electrons. The van der Waals surface area contributed by atoms with Gasteiger partial charge in [0.15, 0.2) is 0 Å². The van der Waals surface area contributed by atoms with E-state index in [1.165, 1.54) is 23.5 Å². The second-order valence-corrected chi connectivity index (χ2v) is 5.73. The molecule has 0 amide bonds. The molecule has 5 heteroatoms. The molecule has 1 aromatic heterocycles. The van der Waals surface area contributed by atoms with Crippen molar-refractivity contribution < 1.29 is 4.39 Å². The molecule has 0 aliphatic heterocycles. The summed E-state index contributed by atoms with van der Waals surface area (Å²) in [5.41, 5.74) is 3.94. The molecular formula is C19H19FN4. The number of aryl methyl sites for hydroxylation is 2. The Kier molecular flexibility index (Phi) is 4.70. The van der Waals surface area contributed by atoms with Crippen molar-refractivity contribution in [2.75, 3.05) is 10.6 Å². The zero-order chi connectivity index (χ0) is 16.9. The van der Waals surface area contributed by atoms with Gasteiger partial charge in [0.1, 0.15) is 23.8 Å². The maximum atomic E-state index is 13.6. The highest BCUT2D eigenvalue weighted by Crippen LogP contribution is 2.19. The Morgan fingerprint density at radius 1 is 0.917 bits per heavy atom. The summed E-state index contributed by atoms with van der Waals surface area (Å²) in [6.45, 7) is 4.48. The monoisotopic (exact) mass is 322 g/mol. The molecule has 2 aromatic carbocycles. The molecule has 2 N–H and O–H groups in total. The van der Waals surface area contributed by atoms with Gasteiger partial charge >= 0.3 is 0 Å². The van der Waals surface area contributed by atoms with E-state index in [1.54, 1.807) is 18.2 Å². The average Bonchev–Trinajstić information content (AvgIpc) is 2.53. The molecule has 0 bridgehead atoms. The van der Waals surface area contributed by atoms with Crippen LogP contribution in [0.4, 0.5) is 21.7 Å². The summed E-state index contributed by atoms with van der Waals surface area (Å²) >= 11 is 0. The van der Waals surface area contributed by atoms with Gasteiger partial charge < -0.3 is 10.6 Å². The van der Waals surface area contributed by atoms with Crippen LogP contribution in [-0.4, -0.2) is 9.97 Å². The highest BCUT2D eigenvalue weighted by Gasteiger charge is 2.03. The number of hydrogen-bond acceptors (Lipinski definition) is 4. The molecule has 0 aliphatic carbocycles. The first-order valence-electron chi connectivity index (χ1n) is 7.75. The van der Waals surface area contributed by atoms with E-state index in [2.05, 4.69) is 52.6 Å². The van der Waals surface area contributed by atoms with Crippen LogP contribution < -0.4 is 10.6 Å². The molecule has 3 rings (SSSR count). The van der Waals surface area contributed by atoms with E-state index < -0.39 is 0 Å². The van der Waals surface area contributed by atoms with Crippen molar-refractivity contribution >= 4 is 17.3 Å². The highest BCUT2D eigenvalue weighted by molar-refractivity contribution is 5.60. The van der Waals surface area contributed by atoms with E-state index >= 15 is 0 Å². The second-order valence-electron chi connectivity index (χ2n) is 5.73. The van der Waals surface area contributed by atoms with Gasteiger partial charge in [-0.3, -0.25) is 0 Å². The van der Waals surface area contributed by atoms with E-state index in [1.807, 2.05) is 6.07 Å².